The number of nitrogens with one attached hydrogen (secondary N) is 1. The van der Waals surface area contributed by atoms with Gasteiger partial charge in [0.1, 0.15) is 5.69 Å². The minimum atomic E-state index is -4.08. The summed E-state index contributed by atoms with van der Waals surface area (Å²) in [6.45, 7) is 12.4. The largest absolute Gasteiger partial charge is 0.390 e. The lowest BCUT2D eigenvalue weighted by Gasteiger charge is -2.44. The molecule has 14 heteroatoms. The van der Waals surface area contributed by atoms with Crippen LogP contribution >= 0.6 is 11.3 Å². The molecule has 3 heterocycles. The van der Waals surface area contributed by atoms with Crippen LogP contribution in [0.15, 0.2) is 17.0 Å². The van der Waals surface area contributed by atoms with Crippen LogP contribution in [0.25, 0.3) is 26.4 Å². The molecule has 0 radical (unpaired) electrons. The van der Waals surface area contributed by atoms with Crippen molar-refractivity contribution in [1.82, 2.24) is 24.7 Å². The van der Waals surface area contributed by atoms with Gasteiger partial charge in [-0.3, -0.25) is 9.53 Å². The number of aromatic nitrogens is 4. The Morgan fingerprint density at radius 1 is 1.23 bits per heavy atom. The maximum atomic E-state index is 13.5. The number of nitrogens with zero attached hydrogens (tertiary/aromatic N) is 6. The van der Waals surface area contributed by atoms with E-state index in [1.807, 2.05) is 13.8 Å². The highest BCUT2D eigenvalue weighted by molar-refractivity contribution is 7.89. The fourth-order valence-corrected chi connectivity index (χ4v) is 8.68. The van der Waals surface area contributed by atoms with E-state index in [9.17, 15) is 22.3 Å². The molecule has 1 aliphatic heterocycles. The number of hydrogen-bond donors (Lipinski definition) is 2. The fraction of sp³-hybridized carbons (Fsp3) is 0.600. The molecule has 2 aliphatic carbocycles. The van der Waals surface area contributed by atoms with Crippen LogP contribution in [0, 0.1) is 24.3 Å². The smallest absolute Gasteiger partial charge is 0.299 e. The van der Waals surface area contributed by atoms with Crippen molar-refractivity contribution in [1.29, 1.82) is 0 Å². The summed E-state index contributed by atoms with van der Waals surface area (Å²) < 4.78 is 57.8. The molecule has 3 aromatic rings. The lowest BCUT2D eigenvalue weighted by Crippen LogP contribution is -2.49. The van der Waals surface area contributed by atoms with Crippen LogP contribution in [-0.2, 0) is 17.1 Å². The van der Waals surface area contributed by atoms with Gasteiger partial charge in [-0.15, -0.1) is 14.9 Å². The van der Waals surface area contributed by atoms with Gasteiger partial charge in [0.2, 0.25) is 10.0 Å². The van der Waals surface area contributed by atoms with Crippen LogP contribution in [0.3, 0.4) is 0 Å². The van der Waals surface area contributed by atoms with E-state index >= 15 is 0 Å². The number of aliphatic hydroxyl groups is 1. The summed E-state index contributed by atoms with van der Waals surface area (Å²) in [6, 6.07) is 3.09. The Morgan fingerprint density at radius 2 is 1.90 bits per heavy atom. The molecule has 3 aliphatic rings. The molecule has 2 atom stereocenters. The van der Waals surface area contributed by atoms with Crippen LogP contribution in [0.1, 0.15) is 51.0 Å². The van der Waals surface area contributed by atoms with Gasteiger partial charge in [0, 0.05) is 25.5 Å². The van der Waals surface area contributed by atoms with Gasteiger partial charge in [0.05, 0.1) is 34.5 Å². The van der Waals surface area contributed by atoms with E-state index in [2.05, 4.69) is 29.8 Å². The highest BCUT2D eigenvalue weighted by atomic mass is 32.2. The number of fused-ring (bicyclic) bond motifs is 3. The lowest BCUT2D eigenvalue weighted by atomic mass is 9.74. The second-order valence-corrected chi connectivity index (χ2v) is 14.2. The summed E-state index contributed by atoms with van der Waals surface area (Å²) >= 11 is 0.720. The van der Waals surface area contributed by atoms with Crippen molar-refractivity contribution >= 4 is 38.0 Å². The van der Waals surface area contributed by atoms with E-state index in [0.29, 0.717) is 42.5 Å². The Balaban J connectivity index is 1.50. The molecule has 208 valence electrons. The summed E-state index contributed by atoms with van der Waals surface area (Å²) in [5.74, 6) is 0.611. The minimum Gasteiger partial charge on any atom is -0.390 e. The first-order chi connectivity index (χ1) is 18.3. The molecular formula is C25H29F2N7O3S2. The average molecular weight is 578 g/mol. The molecule has 2 saturated carbocycles. The number of halogens is 2. The first-order valence-electron chi connectivity index (χ1n) is 12.8. The van der Waals surface area contributed by atoms with E-state index in [-0.39, 0.29) is 33.4 Å². The van der Waals surface area contributed by atoms with E-state index in [1.54, 1.807) is 17.8 Å². The highest BCUT2D eigenvalue weighted by Crippen LogP contribution is 2.49. The van der Waals surface area contributed by atoms with E-state index < -0.39 is 32.7 Å². The molecule has 1 aromatic carbocycles. The summed E-state index contributed by atoms with van der Waals surface area (Å²) in [5, 5.41) is 23.1. The molecule has 0 spiro atoms. The topological polar surface area (TPSA) is 118 Å². The van der Waals surface area contributed by atoms with Crippen LogP contribution in [-0.4, -0.2) is 57.9 Å². The zero-order valence-corrected chi connectivity index (χ0v) is 23.4. The Bertz CT molecular complexity index is 1590. The first kappa shape index (κ1) is 26.5. The zero-order valence-electron chi connectivity index (χ0n) is 21.7. The molecule has 1 saturated heterocycles. The third-order valence-electron chi connectivity index (χ3n) is 8.28. The number of benzene rings is 1. The number of rotatable bonds is 7. The molecule has 2 N–H and O–H groups in total. The SMILES string of the molecule is [C-]#[N+]C1(NS(=O)(=O)c2cc(N3CC4CCC(C3)C4C(C)(C)O)c3c(c2)c(-c2nnc(C(F)F)s2)nn3C)CC1. The quantitative estimate of drug-likeness (QED) is 0.409. The van der Waals surface area contributed by atoms with Crippen LogP contribution < -0.4 is 9.62 Å². The van der Waals surface area contributed by atoms with Crippen molar-refractivity contribution in [3.8, 4) is 10.7 Å². The molecule has 0 amide bonds. The summed E-state index contributed by atoms with van der Waals surface area (Å²) in [7, 11) is -2.35. The maximum Gasteiger partial charge on any atom is 0.299 e. The van der Waals surface area contributed by atoms with Crippen molar-refractivity contribution in [2.45, 2.75) is 62.1 Å². The second-order valence-electron chi connectivity index (χ2n) is 11.5. The van der Waals surface area contributed by atoms with Gasteiger partial charge in [-0.05, 0) is 56.6 Å². The van der Waals surface area contributed by atoms with Crippen molar-refractivity contribution in [3.05, 3.63) is 28.6 Å². The third kappa shape index (κ3) is 4.49. The number of hydrogen-bond acceptors (Lipinski definition) is 8. The monoisotopic (exact) mass is 577 g/mol. The van der Waals surface area contributed by atoms with Gasteiger partial charge in [-0.25, -0.2) is 23.8 Å². The van der Waals surface area contributed by atoms with Gasteiger partial charge >= 0.3 is 0 Å². The third-order valence-corrected chi connectivity index (χ3v) is 10.7. The van der Waals surface area contributed by atoms with Crippen LogP contribution in [0.2, 0.25) is 0 Å². The zero-order chi connectivity index (χ0) is 27.9. The Hall–Kier alpha value is -2.73. The van der Waals surface area contributed by atoms with Crippen LogP contribution in [0.5, 0.6) is 0 Å². The first-order valence-corrected chi connectivity index (χ1v) is 15.1. The van der Waals surface area contributed by atoms with E-state index in [1.165, 1.54) is 6.07 Å². The number of piperidine rings is 1. The number of anilines is 1. The Kier molecular flexibility index (Phi) is 6.04. The maximum absolute atomic E-state index is 13.5. The van der Waals surface area contributed by atoms with Gasteiger partial charge in [-0.1, -0.05) is 11.3 Å². The lowest BCUT2D eigenvalue weighted by molar-refractivity contribution is -0.0247. The van der Waals surface area contributed by atoms with Gasteiger partial charge in [0.15, 0.2) is 10.0 Å². The minimum absolute atomic E-state index is 0.0234. The average Bonchev–Trinajstić information content (AvgIpc) is 3.18. The van der Waals surface area contributed by atoms with Crippen LogP contribution in [0.4, 0.5) is 14.5 Å². The van der Waals surface area contributed by atoms with E-state index in [4.69, 9.17) is 6.57 Å². The summed E-state index contributed by atoms with van der Waals surface area (Å²) in [5.41, 5.74) is -0.352. The predicted octanol–water partition coefficient (Wildman–Crippen LogP) is 3.95. The Morgan fingerprint density at radius 3 is 2.44 bits per heavy atom. The van der Waals surface area contributed by atoms with Crippen molar-refractivity contribution < 1.29 is 22.3 Å². The van der Waals surface area contributed by atoms with E-state index in [0.717, 1.165) is 24.2 Å². The summed E-state index contributed by atoms with van der Waals surface area (Å²) in [4.78, 5) is 5.62. The normalized spacial score (nSPS) is 24.5. The standard InChI is InChI=1S/C25H29F2N7O3S2/c1-24(2,35)18-13-5-6-14(18)12-34(11-13)17-10-15(39(36,37)32-25(28-3)7-8-25)9-16-19(31-33(4)20(16)17)22-29-30-23(38-22)21(26)27/h9-10,13-14,18,21,32,35H,5-8,11-12H2,1-2,4H3. The molecule has 2 aromatic heterocycles. The molecule has 10 nitrogen and oxygen atoms in total. The number of aryl methyl sites for hydroxylation is 1. The molecule has 6 rings (SSSR count). The molecule has 39 heavy (non-hydrogen) atoms. The molecule has 3 fully saturated rings. The second kappa shape index (κ2) is 8.89. The molecular weight excluding hydrogens is 548 g/mol. The van der Waals surface area contributed by atoms with Gasteiger partial charge in [-0.2, -0.15) is 5.10 Å². The number of sulfonamides is 1. The van der Waals surface area contributed by atoms with Crippen molar-refractivity contribution in [2.24, 2.45) is 24.8 Å². The predicted molar refractivity (Wildman–Crippen MR) is 142 cm³/mol. The molecule has 2 unspecified atom stereocenters. The number of alkyl halides is 2. The van der Waals surface area contributed by atoms with Gasteiger partial charge < -0.3 is 10.0 Å². The Labute approximate surface area is 228 Å². The van der Waals surface area contributed by atoms with Crippen molar-refractivity contribution in [3.63, 3.8) is 0 Å². The van der Waals surface area contributed by atoms with Crippen molar-refractivity contribution in [2.75, 3.05) is 18.0 Å². The highest BCUT2D eigenvalue weighted by Gasteiger charge is 2.54. The summed E-state index contributed by atoms with van der Waals surface area (Å²) in [6.07, 6.45) is 0.0572. The fourth-order valence-electron chi connectivity index (χ4n) is 6.58. The molecule has 2 bridgehead atoms. The van der Waals surface area contributed by atoms with Gasteiger partial charge in [0.25, 0.3) is 12.1 Å².